The van der Waals surface area contributed by atoms with Crippen LogP contribution in [0.1, 0.15) is 31.3 Å². The van der Waals surface area contributed by atoms with Gasteiger partial charge in [0, 0.05) is 25.3 Å². The standard InChI is InChI=1S/C16H23N7O/c1-9(2)23-8-18-13-15(17-6-7-24)19-14(20-16(13)23)12-10(3)21-22(5)11(12)4/h8-9,24H,6-7H2,1-5H3,(H,17,19,20). The highest BCUT2D eigenvalue weighted by molar-refractivity contribution is 5.85. The van der Waals surface area contributed by atoms with Crippen molar-refractivity contribution in [3.8, 4) is 11.4 Å². The predicted molar refractivity (Wildman–Crippen MR) is 93.0 cm³/mol. The van der Waals surface area contributed by atoms with Crippen LogP contribution >= 0.6 is 0 Å². The first-order chi connectivity index (χ1) is 11.4. The van der Waals surface area contributed by atoms with Crippen LogP contribution < -0.4 is 5.32 Å². The summed E-state index contributed by atoms with van der Waals surface area (Å²) in [7, 11) is 1.91. The molecular weight excluding hydrogens is 306 g/mol. The van der Waals surface area contributed by atoms with Crippen LogP contribution in [-0.4, -0.2) is 47.6 Å². The third kappa shape index (κ3) is 2.62. The first kappa shape index (κ1) is 16.4. The molecule has 0 radical (unpaired) electrons. The molecule has 3 rings (SSSR count). The number of aliphatic hydroxyl groups excluding tert-OH is 1. The average molecular weight is 329 g/mol. The Hall–Kier alpha value is -2.48. The van der Waals surface area contributed by atoms with E-state index in [-0.39, 0.29) is 12.6 Å². The number of nitrogens with zero attached hydrogens (tertiary/aromatic N) is 6. The van der Waals surface area contributed by atoms with Crippen LogP contribution in [0.5, 0.6) is 0 Å². The first-order valence-electron chi connectivity index (χ1n) is 8.04. The second-order valence-corrected chi connectivity index (χ2v) is 6.13. The Morgan fingerprint density at radius 1 is 1.25 bits per heavy atom. The summed E-state index contributed by atoms with van der Waals surface area (Å²) in [5, 5.41) is 16.7. The van der Waals surface area contributed by atoms with Gasteiger partial charge in [0.25, 0.3) is 0 Å². The lowest BCUT2D eigenvalue weighted by Gasteiger charge is -2.11. The molecule has 0 aliphatic rings. The fraction of sp³-hybridized carbons (Fsp3) is 0.500. The van der Waals surface area contributed by atoms with Crippen molar-refractivity contribution < 1.29 is 5.11 Å². The molecule has 0 saturated heterocycles. The van der Waals surface area contributed by atoms with Crippen LogP contribution in [0.3, 0.4) is 0 Å². The summed E-state index contributed by atoms with van der Waals surface area (Å²) < 4.78 is 3.85. The Labute approximate surface area is 140 Å². The number of fused-ring (bicyclic) bond motifs is 1. The normalized spacial score (nSPS) is 11.6. The zero-order valence-electron chi connectivity index (χ0n) is 14.7. The lowest BCUT2D eigenvalue weighted by Crippen LogP contribution is -2.10. The number of anilines is 1. The van der Waals surface area contributed by atoms with E-state index >= 15 is 0 Å². The molecule has 8 nitrogen and oxygen atoms in total. The molecule has 0 bridgehead atoms. The molecule has 0 amide bonds. The molecular formula is C16H23N7O. The van der Waals surface area contributed by atoms with E-state index in [1.807, 2.05) is 30.1 Å². The Balaban J connectivity index is 2.26. The number of aromatic nitrogens is 6. The second kappa shape index (κ2) is 6.20. The van der Waals surface area contributed by atoms with Gasteiger partial charge in [-0.3, -0.25) is 4.68 Å². The summed E-state index contributed by atoms with van der Waals surface area (Å²) in [5.74, 6) is 1.25. The van der Waals surface area contributed by atoms with Crippen molar-refractivity contribution in [3.05, 3.63) is 17.7 Å². The zero-order chi connectivity index (χ0) is 17.4. The summed E-state index contributed by atoms with van der Waals surface area (Å²) in [6.45, 7) is 8.57. The van der Waals surface area contributed by atoms with Gasteiger partial charge in [0.05, 0.1) is 24.2 Å². The largest absolute Gasteiger partial charge is 0.395 e. The molecule has 3 heterocycles. The number of nitrogens with one attached hydrogen (secondary N) is 1. The van der Waals surface area contributed by atoms with Gasteiger partial charge in [-0.1, -0.05) is 0 Å². The van der Waals surface area contributed by atoms with Gasteiger partial charge < -0.3 is 15.0 Å². The molecule has 0 unspecified atom stereocenters. The van der Waals surface area contributed by atoms with E-state index in [4.69, 9.17) is 10.1 Å². The SMILES string of the molecule is Cc1nn(C)c(C)c1-c1nc(NCCO)c2ncn(C(C)C)c2n1. The lowest BCUT2D eigenvalue weighted by atomic mass is 10.2. The van der Waals surface area contributed by atoms with E-state index in [9.17, 15) is 0 Å². The van der Waals surface area contributed by atoms with E-state index in [0.717, 1.165) is 22.6 Å². The summed E-state index contributed by atoms with van der Waals surface area (Å²) in [6, 6.07) is 0.236. The van der Waals surface area contributed by atoms with Gasteiger partial charge in [-0.2, -0.15) is 5.10 Å². The van der Waals surface area contributed by atoms with Crippen molar-refractivity contribution >= 4 is 17.0 Å². The Bertz CT molecular complexity index is 878. The first-order valence-corrected chi connectivity index (χ1v) is 8.04. The van der Waals surface area contributed by atoms with Crippen LogP contribution in [0, 0.1) is 13.8 Å². The topological polar surface area (TPSA) is 93.7 Å². The minimum Gasteiger partial charge on any atom is -0.395 e. The third-order valence-corrected chi connectivity index (χ3v) is 4.11. The van der Waals surface area contributed by atoms with E-state index in [2.05, 4.69) is 34.2 Å². The summed E-state index contributed by atoms with van der Waals surface area (Å²) in [5.41, 5.74) is 4.31. The van der Waals surface area contributed by atoms with E-state index < -0.39 is 0 Å². The lowest BCUT2D eigenvalue weighted by molar-refractivity contribution is 0.311. The van der Waals surface area contributed by atoms with Crippen LogP contribution in [0.15, 0.2) is 6.33 Å². The molecule has 0 aliphatic carbocycles. The van der Waals surface area contributed by atoms with E-state index in [1.54, 1.807) is 6.33 Å². The Kier molecular flexibility index (Phi) is 4.23. The van der Waals surface area contributed by atoms with Crippen molar-refractivity contribution in [1.82, 2.24) is 29.3 Å². The third-order valence-electron chi connectivity index (χ3n) is 4.11. The highest BCUT2D eigenvalue weighted by Crippen LogP contribution is 2.29. The monoisotopic (exact) mass is 329 g/mol. The molecule has 0 atom stereocenters. The highest BCUT2D eigenvalue weighted by atomic mass is 16.3. The maximum absolute atomic E-state index is 9.13. The summed E-state index contributed by atoms with van der Waals surface area (Å²) in [6.07, 6.45) is 1.78. The quantitative estimate of drug-likeness (QED) is 0.742. The van der Waals surface area contributed by atoms with Gasteiger partial charge >= 0.3 is 0 Å². The van der Waals surface area contributed by atoms with Crippen molar-refractivity contribution in [3.63, 3.8) is 0 Å². The maximum Gasteiger partial charge on any atom is 0.167 e. The Morgan fingerprint density at radius 2 is 2.00 bits per heavy atom. The van der Waals surface area contributed by atoms with Crippen molar-refractivity contribution in [2.75, 3.05) is 18.5 Å². The minimum absolute atomic E-state index is 0.0245. The van der Waals surface area contributed by atoms with Gasteiger partial charge in [-0.15, -0.1) is 0 Å². The molecule has 0 saturated carbocycles. The number of hydrogen-bond donors (Lipinski definition) is 2. The number of rotatable bonds is 5. The molecule has 8 heteroatoms. The molecule has 0 aromatic carbocycles. The van der Waals surface area contributed by atoms with Gasteiger partial charge in [0.15, 0.2) is 17.3 Å². The summed E-state index contributed by atoms with van der Waals surface area (Å²) >= 11 is 0. The van der Waals surface area contributed by atoms with Gasteiger partial charge in [0.1, 0.15) is 5.52 Å². The molecule has 24 heavy (non-hydrogen) atoms. The smallest absolute Gasteiger partial charge is 0.167 e. The van der Waals surface area contributed by atoms with E-state index in [1.165, 1.54) is 0 Å². The molecule has 3 aromatic heterocycles. The number of hydrogen-bond acceptors (Lipinski definition) is 6. The fourth-order valence-corrected chi connectivity index (χ4v) is 2.80. The van der Waals surface area contributed by atoms with Crippen molar-refractivity contribution in [2.45, 2.75) is 33.7 Å². The van der Waals surface area contributed by atoms with Crippen LogP contribution in [-0.2, 0) is 7.05 Å². The molecule has 2 N–H and O–H groups in total. The molecule has 0 aliphatic heterocycles. The van der Waals surface area contributed by atoms with Crippen LogP contribution in [0.25, 0.3) is 22.6 Å². The van der Waals surface area contributed by atoms with Crippen molar-refractivity contribution in [1.29, 1.82) is 0 Å². The van der Waals surface area contributed by atoms with Crippen LogP contribution in [0.2, 0.25) is 0 Å². The second-order valence-electron chi connectivity index (χ2n) is 6.13. The predicted octanol–water partition coefficient (Wildman–Crippen LogP) is 1.83. The van der Waals surface area contributed by atoms with E-state index in [0.29, 0.717) is 23.7 Å². The van der Waals surface area contributed by atoms with Gasteiger partial charge in [0.2, 0.25) is 0 Å². The van der Waals surface area contributed by atoms with Gasteiger partial charge in [-0.05, 0) is 27.7 Å². The molecule has 0 fully saturated rings. The molecule has 3 aromatic rings. The fourth-order valence-electron chi connectivity index (χ4n) is 2.80. The maximum atomic E-state index is 9.13. The summed E-state index contributed by atoms with van der Waals surface area (Å²) in [4.78, 5) is 13.9. The van der Waals surface area contributed by atoms with Gasteiger partial charge in [-0.25, -0.2) is 15.0 Å². The zero-order valence-corrected chi connectivity index (χ0v) is 14.7. The minimum atomic E-state index is 0.0245. The number of aliphatic hydroxyl groups is 1. The number of aryl methyl sites for hydroxylation is 2. The molecule has 0 spiro atoms. The molecule has 128 valence electrons. The Morgan fingerprint density at radius 3 is 2.58 bits per heavy atom. The van der Waals surface area contributed by atoms with Crippen molar-refractivity contribution in [2.24, 2.45) is 7.05 Å². The highest BCUT2D eigenvalue weighted by Gasteiger charge is 2.19. The number of imidazole rings is 1. The average Bonchev–Trinajstić information content (AvgIpc) is 3.06. The van der Waals surface area contributed by atoms with Crippen LogP contribution in [0.4, 0.5) is 5.82 Å².